The van der Waals surface area contributed by atoms with Gasteiger partial charge in [0.1, 0.15) is 0 Å². The lowest BCUT2D eigenvalue weighted by molar-refractivity contribution is -0.132. The zero-order valence-electron chi connectivity index (χ0n) is 13.5. The minimum Gasteiger partial charge on any atom is -0.339 e. The maximum Gasteiger partial charge on any atom is 0.254 e. The molecule has 5 nitrogen and oxygen atoms in total. The van der Waals surface area contributed by atoms with Crippen LogP contribution in [-0.2, 0) is 4.79 Å². The van der Waals surface area contributed by atoms with E-state index in [1.807, 2.05) is 6.92 Å². The van der Waals surface area contributed by atoms with Gasteiger partial charge in [0.15, 0.2) is 0 Å². The molecule has 0 bridgehead atoms. The molecule has 134 valence electrons. The highest BCUT2D eigenvalue weighted by molar-refractivity contribution is 6.35. The van der Waals surface area contributed by atoms with E-state index in [4.69, 9.17) is 28.9 Å². The Morgan fingerprint density at radius 1 is 1.08 bits per heavy atom. The summed E-state index contributed by atoms with van der Waals surface area (Å²) in [5, 5.41) is 0.871. The highest BCUT2D eigenvalue weighted by Crippen LogP contribution is 2.20. The average molecular weight is 395 g/mol. The van der Waals surface area contributed by atoms with Crippen LogP contribution in [-0.4, -0.2) is 53.8 Å². The van der Waals surface area contributed by atoms with Crippen molar-refractivity contribution < 1.29 is 9.59 Å². The van der Waals surface area contributed by atoms with Crippen LogP contribution in [0.1, 0.15) is 30.1 Å². The Hall–Kier alpha value is -1.01. The van der Waals surface area contributed by atoms with E-state index >= 15 is 0 Å². The summed E-state index contributed by atoms with van der Waals surface area (Å²) in [6.45, 7) is 3.98. The fraction of sp³-hybridized carbons (Fsp3) is 0.500. The molecule has 2 amide bonds. The summed E-state index contributed by atoms with van der Waals surface area (Å²) in [6.07, 6.45) is 1.13. The lowest BCUT2D eigenvalue weighted by Gasteiger charge is -2.35. The number of carbonyl (C=O) groups excluding carboxylic acids is 2. The van der Waals surface area contributed by atoms with Crippen LogP contribution in [0.4, 0.5) is 0 Å². The maximum atomic E-state index is 12.5. The number of hydrogen-bond donors (Lipinski definition) is 1. The topological polar surface area (TPSA) is 66.6 Å². The van der Waals surface area contributed by atoms with Crippen LogP contribution in [0, 0.1) is 0 Å². The smallest absolute Gasteiger partial charge is 0.254 e. The largest absolute Gasteiger partial charge is 0.339 e. The van der Waals surface area contributed by atoms with Crippen LogP contribution in [0.2, 0.25) is 10.0 Å². The van der Waals surface area contributed by atoms with E-state index in [-0.39, 0.29) is 30.3 Å². The predicted octanol–water partition coefficient (Wildman–Crippen LogP) is 2.83. The number of nitrogens with two attached hydrogens (primary N) is 1. The van der Waals surface area contributed by atoms with Gasteiger partial charge in [-0.15, -0.1) is 12.4 Å². The fourth-order valence-electron chi connectivity index (χ4n) is 2.53. The van der Waals surface area contributed by atoms with Gasteiger partial charge in [-0.2, -0.15) is 0 Å². The predicted molar refractivity (Wildman–Crippen MR) is 99.1 cm³/mol. The lowest BCUT2D eigenvalue weighted by Crippen LogP contribution is -2.50. The summed E-state index contributed by atoms with van der Waals surface area (Å²) >= 11 is 11.9. The van der Waals surface area contributed by atoms with Gasteiger partial charge in [0.05, 0.1) is 0 Å². The number of benzene rings is 1. The molecule has 1 unspecified atom stereocenters. The van der Waals surface area contributed by atoms with Crippen molar-refractivity contribution in [2.75, 3.05) is 26.2 Å². The Kier molecular flexibility index (Phi) is 8.30. The van der Waals surface area contributed by atoms with E-state index in [0.717, 1.165) is 0 Å². The molecule has 1 aromatic rings. The third kappa shape index (κ3) is 5.81. The summed E-state index contributed by atoms with van der Waals surface area (Å²) in [7, 11) is 0. The molecule has 2 N–H and O–H groups in total. The Labute approximate surface area is 158 Å². The molecule has 1 saturated heterocycles. The first kappa shape index (κ1) is 21.0. The number of halogens is 3. The van der Waals surface area contributed by atoms with Crippen LogP contribution >= 0.6 is 35.6 Å². The van der Waals surface area contributed by atoms with Crippen molar-refractivity contribution in [1.82, 2.24) is 9.80 Å². The molecule has 2 rings (SSSR count). The summed E-state index contributed by atoms with van der Waals surface area (Å²) in [4.78, 5) is 28.1. The standard InChI is InChI=1S/C16H21Cl2N3O2.ClH/c1-11(19)2-3-15(22)20-4-6-21(7-5-20)16(23)12-8-13(17)10-14(18)9-12;/h8-11H,2-7,19H2,1H3;1H. The molecule has 0 spiro atoms. The summed E-state index contributed by atoms with van der Waals surface area (Å²) < 4.78 is 0. The molecule has 24 heavy (non-hydrogen) atoms. The Balaban J connectivity index is 0.00000288. The van der Waals surface area contributed by atoms with Gasteiger partial charge >= 0.3 is 0 Å². The number of amides is 2. The molecule has 1 heterocycles. The first-order valence-electron chi connectivity index (χ1n) is 7.65. The van der Waals surface area contributed by atoms with Gasteiger partial charge in [-0.25, -0.2) is 0 Å². The first-order valence-corrected chi connectivity index (χ1v) is 8.41. The van der Waals surface area contributed by atoms with Crippen molar-refractivity contribution in [2.24, 2.45) is 5.73 Å². The van der Waals surface area contributed by atoms with Gasteiger partial charge in [-0.1, -0.05) is 23.2 Å². The van der Waals surface area contributed by atoms with Crippen molar-refractivity contribution in [3.63, 3.8) is 0 Å². The van der Waals surface area contributed by atoms with E-state index in [1.165, 1.54) is 0 Å². The van der Waals surface area contributed by atoms with Gasteiger partial charge in [0.25, 0.3) is 5.91 Å². The van der Waals surface area contributed by atoms with Crippen LogP contribution in [0.25, 0.3) is 0 Å². The second-order valence-electron chi connectivity index (χ2n) is 5.85. The van der Waals surface area contributed by atoms with Crippen LogP contribution in [0.5, 0.6) is 0 Å². The summed E-state index contributed by atoms with van der Waals surface area (Å²) in [5.41, 5.74) is 6.15. The van der Waals surface area contributed by atoms with Crippen LogP contribution < -0.4 is 5.73 Å². The molecule has 1 fully saturated rings. The van der Waals surface area contributed by atoms with Crippen molar-refractivity contribution in [2.45, 2.75) is 25.8 Å². The van der Waals surface area contributed by atoms with E-state index in [0.29, 0.717) is 54.6 Å². The Bertz CT molecular complexity index is 568. The van der Waals surface area contributed by atoms with E-state index in [9.17, 15) is 9.59 Å². The van der Waals surface area contributed by atoms with Crippen molar-refractivity contribution in [3.8, 4) is 0 Å². The lowest BCUT2D eigenvalue weighted by atomic mass is 10.1. The first-order chi connectivity index (χ1) is 10.9. The van der Waals surface area contributed by atoms with Crippen LogP contribution in [0.3, 0.4) is 0 Å². The van der Waals surface area contributed by atoms with Gasteiger partial charge in [-0.05, 0) is 31.5 Å². The quantitative estimate of drug-likeness (QED) is 0.854. The molecule has 0 aliphatic carbocycles. The Morgan fingerprint density at radius 2 is 1.58 bits per heavy atom. The van der Waals surface area contributed by atoms with Gasteiger partial charge in [0, 0.05) is 54.3 Å². The molecule has 1 aliphatic heterocycles. The third-order valence-corrected chi connectivity index (χ3v) is 4.28. The summed E-state index contributed by atoms with van der Waals surface area (Å²) in [6, 6.07) is 4.83. The molecule has 0 aromatic heterocycles. The number of carbonyl (C=O) groups is 2. The monoisotopic (exact) mass is 393 g/mol. The second-order valence-corrected chi connectivity index (χ2v) is 6.72. The van der Waals surface area contributed by atoms with Crippen molar-refractivity contribution in [1.29, 1.82) is 0 Å². The maximum absolute atomic E-state index is 12.5. The van der Waals surface area contributed by atoms with E-state index in [1.54, 1.807) is 28.0 Å². The molecule has 1 atom stereocenters. The fourth-order valence-corrected chi connectivity index (χ4v) is 3.05. The number of hydrogen-bond acceptors (Lipinski definition) is 3. The SMILES string of the molecule is CC(N)CCC(=O)N1CCN(C(=O)c2cc(Cl)cc(Cl)c2)CC1.Cl. The van der Waals surface area contributed by atoms with Crippen molar-refractivity contribution >= 4 is 47.4 Å². The molecule has 0 radical (unpaired) electrons. The minimum atomic E-state index is -0.114. The zero-order valence-corrected chi connectivity index (χ0v) is 15.8. The Morgan fingerprint density at radius 3 is 2.08 bits per heavy atom. The normalized spacial score (nSPS) is 15.7. The van der Waals surface area contributed by atoms with Gasteiger partial charge < -0.3 is 15.5 Å². The summed E-state index contributed by atoms with van der Waals surface area (Å²) in [5.74, 6) is -0.0164. The second kappa shape index (κ2) is 9.47. The highest BCUT2D eigenvalue weighted by Gasteiger charge is 2.25. The molecule has 8 heteroatoms. The molecular formula is C16H22Cl3N3O2. The number of nitrogens with zero attached hydrogens (tertiary/aromatic N) is 2. The molecule has 1 aromatic carbocycles. The molecular weight excluding hydrogens is 373 g/mol. The number of rotatable bonds is 4. The molecule has 1 aliphatic rings. The zero-order chi connectivity index (χ0) is 17.0. The van der Waals surface area contributed by atoms with Crippen molar-refractivity contribution in [3.05, 3.63) is 33.8 Å². The molecule has 0 saturated carbocycles. The highest BCUT2D eigenvalue weighted by atomic mass is 35.5. The van der Waals surface area contributed by atoms with Gasteiger partial charge in [0.2, 0.25) is 5.91 Å². The van der Waals surface area contributed by atoms with Gasteiger partial charge in [-0.3, -0.25) is 9.59 Å². The van der Waals surface area contributed by atoms with Crippen LogP contribution in [0.15, 0.2) is 18.2 Å². The average Bonchev–Trinajstić information content (AvgIpc) is 2.51. The number of piperazine rings is 1. The van der Waals surface area contributed by atoms with E-state index < -0.39 is 0 Å². The minimum absolute atomic E-state index is 0. The van der Waals surface area contributed by atoms with E-state index in [2.05, 4.69) is 0 Å². The third-order valence-electron chi connectivity index (χ3n) is 3.84.